The predicted octanol–water partition coefficient (Wildman–Crippen LogP) is 4.37. The summed E-state index contributed by atoms with van der Waals surface area (Å²) in [6, 6.07) is 10.3. The van der Waals surface area contributed by atoms with Gasteiger partial charge < -0.3 is 14.6 Å². The molecule has 1 aromatic heterocycles. The summed E-state index contributed by atoms with van der Waals surface area (Å²) in [5, 5.41) is 7.38. The summed E-state index contributed by atoms with van der Waals surface area (Å²) >= 11 is 0. The third kappa shape index (κ3) is 5.22. The zero-order valence-electron chi connectivity index (χ0n) is 18.1. The highest BCUT2D eigenvalue weighted by atomic mass is 16.5. The molecule has 6 heteroatoms. The number of ether oxygens (including phenoxy) is 1. The Morgan fingerprint density at radius 1 is 1.23 bits per heavy atom. The largest absolute Gasteiger partial charge is 0.497 e. The third-order valence-corrected chi connectivity index (χ3v) is 6.57. The number of nitrogens with one attached hydrogen (secondary N) is 1. The first-order chi connectivity index (χ1) is 14.6. The lowest BCUT2D eigenvalue weighted by Crippen LogP contribution is -2.37. The molecule has 1 aliphatic carbocycles. The van der Waals surface area contributed by atoms with Crippen molar-refractivity contribution >= 4 is 5.91 Å². The first-order valence-corrected chi connectivity index (χ1v) is 11.2. The maximum absolute atomic E-state index is 12.6. The fraction of sp³-hybridized carbons (Fsp3) is 0.583. The average Bonchev–Trinajstić information content (AvgIpc) is 3.26. The Morgan fingerprint density at radius 2 is 2.07 bits per heavy atom. The number of aromatic nitrogens is 1. The summed E-state index contributed by atoms with van der Waals surface area (Å²) in [7, 11) is 1.70. The van der Waals surface area contributed by atoms with E-state index in [0.717, 1.165) is 62.7 Å². The molecule has 162 valence electrons. The van der Waals surface area contributed by atoms with Gasteiger partial charge in [-0.3, -0.25) is 9.69 Å². The van der Waals surface area contributed by atoms with Crippen LogP contribution < -0.4 is 10.1 Å². The summed E-state index contributed by atoms with van der Waals surface area (Å²) in [4.78, 5) is 15.0. The molecule has 2 heterocycles. The number of hydrogen-bond donors (Lipinski definition) is 1. The lowest BCUT2D eigenvalue weighted by Gasteiger charge is -2.31. The van der Waals surface area contributed by atoms with Crippen LogP contribution in [-0.2, 0) is 6.54 Å². The van der Waals surface area contributed by atoms with Crippen LogP contribution in [0.15, 0.2) is 34.9 Å². The summed E-state index contributed by atoms with van der Waals surface area (Å²) in [5.74, 6) is 2.16. The van der Waals surface area contributed by atoms with Gasteiger partial charge in [-0.25, -0.2) is 0 Å². The van der Waals surface area contributed by atoms with E-state index in [1.807, 2.05) is 18.2 Å². The maximum Gasteiger partial charge on any atom is 0.290 e. The van der Waals surface area contributed by atoms with E-state index < -0.39 is 0 Å². The van der Waals surface area contributed by atoms with Gasteiger partial charge in [0.25, 0.3) is 5.91 Å². The van der Waals surface area contributed by atoms with E-state index in [4.69, 9.17) is 9.26 Å². The Hall–Kier alpha value is -2.34. The van der Waals surface area contributed by atoms with Gasteiger partial charge in [0.05, 0.1) is 12.8 Å². The van der Waals surface area contributed by atoms with Crippen molar-refractivity contribution in [3.8, 4) is 5.75 Å². The molecule has 1 saturated heterocycles. The topological polar surface area (TPSA) is 67.6 Å². The number of rotatable bonds is 6. The van der Waals surface area contributed by atoms with Crippen LogP contribution in [0.4, 0.5) is 0 Å². The predicted molar refractivity (Wildman–Crippen MR) is 116 cm³/mol. The Labute approximate surface area is 179 Å². The van der Waals surface area contributed by atoms with Crippen molar-refractivity contribution in [1.82, 2.24) is 15.4 Å². The van der Waals surface area contributed by atoms with Crippen molar-refractivity contribution in [3.05, 3.63) is 47.3 Å². The zero-order chi connectivity index (χ0) is 20.9. The van der Waals surface area contributed by atoms with Crippen molar-refractivity contribution < 1.29 is 14.1 Å². The van der Waals surface area contributed by atoms with Gasteiger partial charge in [0.1, 0.15) is 5.75 Å². The second-order valence-electron chi connectivity index (χ2n) is 8.97. The van der Waals surface area contributed by atoms with Crippen molar-refractivity contribution in [1.29, 1.82) is 0 Å². The minimum atomic E-state index is -0.127. The van der Waals surface area contributed by atoms with Gasteiger partial charge in [0.15, 0.2) is 0 Å². The molecule has 4 rings (SSSR count). The molecule has 0 unspecified atom stereocenters. The van der Waals surface area contributed by atoms with Gasteiger partial charge in [-0.05, 0) is 68.7 Å². The highest BCUT2D eigenvalue weighted by Gasteiger charge is 2.27. The lowest BCUT2D eigenvalue weighted by molar-refractivity contribution is 0.0885. The van der Waals surface area contributed by atoms with Crippen molar-refractivity contribution in [3.63, 3.8) is 0 Å². The second-order valence-corrected chi connectivity index (χ2v) is 8.97. The monoisotopic (exact) mass is 411 g/mol. The van der Waals surface area contributed by atoms with Gasteiger partial charge in [0.2, 0.25) is 5.76 Å². The number of carbonyl (C=O) groups excluding carboxylic acids is 1. The molecule has 1 N–H and O–H groups in total. The van der Waals surface area contributed by atoms with Crippen LogP contribution in [0.1, 0.15) is 73.2 Å². The van der Waals surface area contributed by atoms with E-state index in [1.54, 1.807) is 7.11 Å². The molecule has 1 atom stereocenters. The van der Waals surface area contributed by atoms with E-state index in [0.29, 0.717) is 11.7 Å². The lowest BCUT2D eigenvalue weighted by atomic mass is 9.87. The molecule has 30 heavy (non-hydrogen) atoms. The minimum absolute atomic E-state index is 0.127. The Kier molecular flexibility index (Phi) is 6.72. The summed E-state index contributed by atoms with van der Waals surface area (Å²) in [5.41, 5.74) is 2.14. The van der Waals surface area contributed by atoms with Gasteiger partial charge in [-0.15, -0.1) is 0 Å². The quantitative estimate of drug-likeness (QED) is 0.764. The number of piperidine rings is 1. The minimum Gasteiger partial charge on any atom is -0.497 e. The van der Waals surface area contributed by atoms with Crippen LogP contribution >= 0.6 is 0 Å². The van der Waals surface area contributed by atoms with Crippen LogP contribution in [-0.4, -0.2) is 42.2 Å². The van der Waals surface area contributed by atoms with Gasteiger partial charge in [-0.2, -0.15) is 0 Å². The zero-order valence-corrected chi connectivity index (χ0v) is 18.1. The highest BCUT2D eigenvalue weighted by molar-refractivity contribution is 5.91. The fourth-order valence-corrected chi connectivity index (χ4v) is 4.72. The Morgan fingerprint density at radius 3 is 2.87 bits per heavy atom. The number of likely N-dealkylation sites (tertiary alicyclic amines) is 1. The molecular weight excluding hydrogens is 378 g/mol. The normalized spacial score (nSPS) is 25.1. The Bertz CT molecular complexity index is 842. The smallest absolute Gasteiger partial charge is 0.290 e. The third-order valence-electron chi connectivity index (χ3n) is 6.57. The molecule has 2 aliphatic rings. The number of hydrogen-bond acceptors (Lipinski definition) is 5. The summed E-state index contributed by atoms with van der Waals surface area (Å²) in [6.07, 6.45) is 6.65. The van der Waals surface area contributed by atoms with Gasteiger partial charge in [-0.1, -0.05) is 24.2 Å². The van der Waals surface area contributed by atoms with Crippen LogP contribution in [0.3, 0.4) is 0 Å². The number of methoxy groups -OCH3 is 1. The SMILES string of the molecule is COc1cccc(CN2CCC[C@H](c3cc(C(=O)NC4CCC(C)CC4)on3)C2)c1. The average molecular weight is 412 g/mol. The number of benzene rings is 1. The van der Waals surface area contributed by atoms with Crippen LogP contribution in [0.2, 0.25) is 0 Å². The van der Waals surface area contributed by atoms with Crippen molar-refractivity contribution in [2.45, 2.75) is 64.0 Å². The van der Waals surface area contributed by atoms with Crippen LogP contribution in [0, 0.1) is 5.92 Å². The summed E-state index contributed by atoms with van der Waals surface area (Å²) < 4.78 is 10.8. The van der Waals surface area contributed by atoms with Crippen molar-refractivity contribution in [2.24, 2.45) is 5.92 Å². The molecule has 2 fully saturated rings. The standard InChI is InChI=1S/C24H33N3O3/c1-17-8-10-20(11-9-17)25-24(28)23-14-22(26-30-23)19-6-4-12-27(16-19)15-18-5-3-7-21(13-18)29-2/h3,5,7,13-14,17,19-20H,4,6,8-12,15-16H2,1-2H3,(H,25,28)/t17?,19-,20?/m0/s1. The second kappa shape index (κ2) is 9.65. The molecular formula is C24H33N3O3. The van der Waals surface area contributed by atoms with E-state index in [2.05, 4.69) is 34.4 Å². The van der Waals surface area contributed by atoms with Crippen LogP contribution in [0.5, 0.6) is 5.75 Å². The molecule has 0 radical (unpaired) electrons. The summed E-state index contributed by atoms with van der Waals surface area (Å²) in [6.45, 7) is 5.16. The van der Waals surface area contributed by atoms with Gasteiger partial charge >= 0.3 is 0 Å². The molecule has 1 aromatic carbocycles. The van der Waals surface area contributed by atoms with E-state index in [9.17, 15) is 4.79 Å². The molecule has 2 aromatic rings. The first kappa shape index (κ1) is 20.9. The van der Waals surface area contributed by atoms with E-state index in [1.165, 1.54) is 18.4 Å². The molecule has 1 amide bonds. The maximum atomic E-state index is 12.6. The molecule has 0 bridgehead atoms. The Balaban J connectivity index is 1.33. The van der Waals surface area contributed by atoms with Gasteiger partial charge in [0, 0.05) is 31.1 Å². The number of nitrogens with zero attached hydrogens (tertiary/aromatic N) is 2. The first-order valence-electron chi connectivity index (χ1n) is 11.2. The molecule has 0 spiro atoms. The number of carbonyl (C=O) groups is 1. The van der Waals surface area contributed by atoms with E-state index in [-0.39, 0.29) is 11.9 Å². The molecule has 1 aliphatic heterocycles. The highest BCUT2D eigenvalue weighted by Crippen LogP contribution is 2.28. The molecule has 6 nitrogen and oxygen atoms in total. The van der Waals surface area contributed by atoms with Crippen molar-refractivity contribution in [2.75, 3.05) is 20.2 Å². The fourth-order valence-electron chi connectivity index (χ4n) is 4.72. The number of amides is 1. The molecule has 1 saturated carbocycles. The van der Waals surface area contributed by atoms with E-state index >= 15 is 0 Å². The van der Waals surface area contributed by atoms with Crippen LogP contribution in [0.25, 0.3) is 0 Å².